The number of hydrogen-bond donors (Lipinski definition) is 1. The number of amides is 1. The molecule has 0 unspecified atom stereocenters. The van der Waals surface area contributed by atoms with Gasteiger partial charge in [-0.3, -0.25) is 9.36 Å². The van der Waals surface area contributed by atoms with Crippen molar-refractivity contribution >= 4 is 17.0 Å². The van der Waals surface area contributed by atoms with E-state index in [4.69, 9.17) is 8.94 Å². The third-order valence-corrected chi connectivity index (χ3v) is 4.22. The minimum absolute atomic E-state index is 0.0756. The highest BCUT2D eigenvalue weighted by Gasteiger charge is 2.15. The highest BCUT2D eigenvalue weighted by Crippen LogP contribution is 2.14. The summed E-state index contributed by atoms with van der Waals surface area (Å²) in [5.74, 6) is 0.251. The lowest BCUT2D eigenvalue weighted by Crippen LogP contribution is -2.37. The third kappa shape index (κ3) is 3.65. The number of nitrogens with zero attached hydrogens (tertiary/aromatic N) is 2. The molecule has 0 bridgehead atoms. The molecule has 0 saturated carbocycles. The van der Waals surface area contributed by atoms with E-state index in [2.05, 4.69) is 10.5 Å². The summed E-state index contributed by atoms with van der Waals surface area (Å²) in [5, 5.41) is 6.81. The molecule has 2 aromatic heterocycles. The van der Waals surface area contributed by atoms with Crippen molar-refractivity contribution in [2.24, 2.45) is 0 Å². The van der Waals surface area contributed by atoms with Gasteiger partial charge in [0.05, 0.1) is 11.2 Å². The second-order valence-electron chi connectivity index (χ2n) is 6.22. The predicted molar refractivity (Wildman–Crippen MR) is 92.4 cm³/mol. The van der Waals surface area contributed by atoms with E-state index in [0.29, 0.717) is 25.0 Å². The minimum atomic E-state index is -0.418. The molecule has 0 radical (unpaired) electrons. The first kappa shape index (κ1) is 17.0. The van der Waals surface area contributed by atoms with Gasteiger partial charge in [0.25, 0.3) is 0 Å². The molecule has 0 aliphatic heterocycles. The molecule has 1 atom stereocenters. The number of aryl methyl sites for hydroxylation is 2. The van der Waals surface area contributed by atoms with Crippen molar-refractivity contribution in [3.05, 3.63) is 51.8 Å². The Hall–Kier alpha value is -2.83. The number of aromatic nitrogens is 2. The van der Waals surface area contributed by atoms with Crippen LogP contribution in [0.3, 0.4) is 0 Å². The number of nitrogens with one attached hydrogen (secondary N) is 1. The summed E-state index contributed by atoms with van der Waals surface area (Å²) in [7, 11) is 0. The Labute approximate surface area is 144 Å². The van der Waals surface area contributed by atoms with Gasteiger partial charge >= 0.3 is 5.76 Å². The van der Waals surface area contributed by atoms with E-state index in [-0.39, 0.29) is 11.9 Å². The van der Waals surface area contributed by atoms with Crippen LogP contribution in [0, 0.1) is 13.8 Å². The van der Waals surface area contributed by atoms with Crippen LogP contribution in [0.15, 0.2) is 38.0 Å². The summed E-state index contributed by atoms with van der Waals surface area (Å²) >= 11 is 0. The van der Waals surface area contributed by atoms with Crippen LogP contribution in [-0.4, -0.2) is 21.7 Å². The van der Waals surface area contributed by atoms with E-state index >= 15 is 0 Å². The molecule has 3 aromatic rings. The second kappa shape index (κ2) is 6.96. The summed E-state index contributed by atoms with van der Waals surface area (Å²) in [5.41, 5.74) is 3.06. The van der Waals surface area contributed by atoms with E-state index in [9.17, 15) is 9.59 Å². The maximum absolute atomic E-state index is 12.2. The number of oxazole rings is 1. The summed E-state index contributed by atoms with van der Waals surface area (Å²) in [6, 6.07) is 7.04. The van der Waals surface area contributed by atoms with Crippen molar-refractivity contribution < 1.29 is 13.7 Å². The SMILES string of the molecule is Cc1noc(C)c1CCC(=O)N[C@H](C)Cn1c(=O)oc2ccccc21. The van der Waals surface area contributed by atoms with Crippen molar-refractivity contribution in [1.82, 2.24) is 15.0 Å². The molecule has 1 amide bonds. The van der Waals surface area contributed by atoms with Crippen LogP contribution < -0.4 is 11.1 Å². The molecule has 3 rings (SSSR count). The Balaban J connectivity index is 1.60. The van der Waals surface area contributed by atoms with Crippen molar-refractivity contribution in [3.8, 4) is 0 Å². The van der Waals surface area contributed by atoms with Gasteiger partial charge in [-0.25, -0.2) is 4.79 Å². The van der Waals surface area contributed by atoms with Gasteiger partial charge in [-0.15, -0.1) is 0 Å². The summed E-state index contributed by atoms with van der Waals surface area (Å²) in [6.45, 7) is 5.92. The lowest BCUT2D eigenvalue weighted by atomic mass is 10.1. The van der Waals surface area contributed by atoms with Crippen molar-refractivity contribution in [3.63, 3.8) is 0 Å². The molecular formula is C18H21N3O4. The van der Waals surface area contributed by atoms with Crippen LogP contribution in [0.4, 0.5) is 0 Å². The topological polar surface area (TPSA) is 90.3 Å². The Kier molecular flexibility index (Phi) is 4.74. The molecule has 1 N–H and O–H groups in total. The molecule has 7 nitrogen and oxygen atoms in total. The predicted octanol–water partition coefficient (Wildman–Crippen LogP) is 2.34. The standard InChI is InChI=1S/C18H21N3O4/c1-11(10-21-15-6-4-5-7-16(15)24-18(21)23)19-17(22)9-8-14-12(2)20-25-13(14)3/h4-7,11H,8-10H2,1-3H3,(H,19,22)/t11-/m1/s1. The van der Waals surface area contributed by atoms with Gasteiger partial charge in [0.1, 0.15) is 5.76 Å². The molecule has 0 fully saturated rings. The first-order valence-corrected chi connectivity index (χ1v) is 8.25. The average Bonchev–Trinajstić information content (AvgIpc) is 3.05. The molecule has 0 aliphatic carbocycles. The van der Waals surface area contributed by atoms with Crippen LogP contribution in [-0.2, 0) is 17.8 Å². The lowest BCUT2D eigenvalue weighted by molar-refractivity contribution is -0.121. The summed E-state index contributed by atoms with van der Waals surface area (Å²) < 4.78 is 11.8. The maximum atomic E-state index is 12.2. The third-order valence-electron chi connectivity index (χ3n) is 4.22. The van der Waals surface area contributed by atoms with Gasteiger partial charge in [-0.05, 0) is 39.3 Å². The van der Waals surface area contributed by atoms with Crippen LogP contribution in [0.25, 0.3) is 11.1 Å². The van der Waals surface area contributed by atoms with Gasteiger partial charge in [0.15, 0.2) is 5.58 Å². The Morgan fingerprint density at radius 1 is 1.32 bits per heavy atom. The first-order chi connectivity index (χ1) is 12.0. The van der Waals surface area contributed by atoms with Crippen LogP contribution in [0.2, 0.25) is 0 Å². The zero-order chi connectivity index (χ0) is 18.0. The van der Waals surface area contributed by atoms with E-state index < -0.39 is 5.76 Å². The van der Waals surface area contributed by atoms with Gasteiger partial charge in [-0.1, -0.05) is 17.3 Å². The Morgan fingerprint density at radius 3 is 2.80 bits per heavy atom. The molecule has 0 saturated heterocycles. The molecular weight excluding hydrogens is 322 g/mol. The second-order valence-corrected chi connectivity index (χ2v) is 6.22. The van der Waals surface area contributed by atoms with E-state index in [1.54, 1.807) is 6.07 Å². The zero-order valence-corrected chi connectivity index (χ0v) is 14.5. The minimum Gasteiger partial charge on any atom is -0.408 e. The normalized spacial score (nSPS) is 12.4. The van der Waals surface area contributed by atoms with Gasteiger partial charge < -0.3 is 14.3 Å². The van der Waals surface area contributed by atoms with Gasteiger partial charge in [-0.2, -0.15) is 0 Å². The van der Waals surface area contributed by atoms with E-state index in [0.717, 1.165) is 22.5 Å². The zero-order valence-electron chi connectivity index (χ0n) is 14.5. The van der Waals surface area contributed by atoms with E-state index in [1.807, 2.05) is 39.0 Å². The fourth-order valence-corrected chi connectivity index (χ4v) is 2.95. The van der Waals surface area contributed by atoms with Crippen molar-refractivity contribution in [2.75, 3.05) is 0 Å². The quantitative estimate of drug-likeness (QED) is 0.742. The Bertz CT molecular complexity index is 931. The average molecular weight is 343 g/mol. The van der Waals surface area contributed by atoms with Crippen LogP contribution in [0.1, 0.15) is 30.4 Å². The van der Waals surface area contributed by atoms with Crippen molar-refractivity contribution in [1.29, 1.82) is 0 Å². The molecule has 132 valence electrons. The largest absolute Gasteiger partial charge is 0.420 e. The Morgan fingerprint density at radius 2 is 2.08 bits per heavy atom. The molecule has 0 spiro atoms. The highest BCUT2D eigenvalue weighted by molar-refractivity contribution is 5.76. The van der Waals surface area contributed by atoms with Crippen LogP contribution in [0.5, 0.6) is 0 Å². The number of carbonyl (C=O) groups is 1. The van der Waals surface area contributed by atoms with Gasteiger partial charge in [0.2, 0.25) is 5.91 Å². The molecule has 0 aliphatic rings. The molecule has 2 heterocycles. The number of fused-ring (bicyclic) bond motifs is 1. The van der Waals surface area contributed by atoms with E-state index in [1.165, 1.54) is 4.57 Å². The fourth-order valence-electron chi connectivity index (χ4n) is 2.95. The summed E-state index contributed by atoms with van der Waals surface area (Å²) in [6.07, 6.45) is 0.919. The molecule has 7 heteroatoms. The van der Waals surface area contributed by atoms with Crippen LogP contribution >= 0.6 is 0 Å². The number of para-hydroxylation sites is 2. The molecule has 25 heavy (non-hydrogen) atoms. The van der Waals surface area contributed by atoms with Crippen molar-refractivity contribution in [2.45, 2.75) is 46.2 Å². The number of benzene rings is 1. The maximum Gasteiger partial charge on any atom is 0.420 e. The summed E-state index contributed by atoms with van der Waals surface area (Å²) in [4.78, 5) is 24.2. The monoisotopic (exact) mass is 343 g/mol. The lowest BCUT2D eigenvalue weighted by Gasteiger charge is -2.14. The van der Waals surface area contributed by atoms with Gasteiger partial charge in [0, 0.05) is 24.6 Å². The molecule has 1 aromatic carbocycles. The first-order valence-electron chi connectivity index (χ1n) is 8.25. The highest BCUT2D eigenvalue weighted by atomic mass is 16.5. The fraction of sp³-hybridized carbons (Fsp3) is 0.389. The number of hydrogen-bond acceptors (Lipinski definition) is 5. The smallest absolute Gasteiger partial charge is 0.408 e. The number of carbonyl (C=O) groups excluding carboxylic acids is 1. The number of rotatable bonds is 6.